The Bertz CT molecular complexity index is 273. The first-order chi connectivity index (χ1) is 7.83. The second-order valence-corrected chi connectivity index (χ2v) is 5.42. The van der Waals surface area contributed by atoms with Crippen LogP contribution in [0.5, 0.6) is 0 Å². The maximum atomic E-state index is 12.0. The second-order valence-electron chi connectivity index (χ2n) is 5.42. The normalized spacial score (nSPS) is 36.6. The summed E-state index contributed by atoms with van der Waals surface area (Å²) < 4.78 is 11.0. The van der Waals surface area contributed by atoms with Gasteiger partial charge in [-0.05, 0) is 44.9 Å². The van der Waals surface area contributed by atoms with Crippen molar-refractivity contribution in [1.82, 2.24) is 0 Å². The lowest BCUT2D eigenvalue weighted by Gasteiger charge is -2.25. The fourth-order valence-corrected chi connectivity index (χ4v) is 3.06. The van der Waals surface area contributed by atoms with E-state index in [-0.39, 0.29) is 23.5 Å². The van der Waals surface area contributed by atoms with E-state index in [4.69, 9.17) is 9.47 Å². The predicted octanol–water partition coefficient (Wildman–Crippen LogP) is 1.61. The molecule has 3 unspecified atom stereocenters. The van der Waals surface area contributed by atoms with E-state index < -0.39 is 0 Å². The van der Waals surface area contributed by atoms with Crippen molar-refractivity contribution in [3.05, 3.63) is 0 Å². The van der Waals surface area contributed by atoms with Crippen LogP contribution >= 0.6 is 0 Å². The number of rotatable bonds is 2. The van der Waals surface area contributed by atoms with E-state index in [0.29, 0.717) is 12.2 Å². The van der Waals surface area contributed by atoms with Crippen molar-refractivity contribution in [2.24, 2.45) is 5.92 Å². The maximum absolute atomic E-state index is 12.0. The van der Waals surface area contributed by atoms with Crippen LogP contribution in [0.2, 0.25) is 0 Å². The fraction of sp³-hybridized carbons (Fsp3) is 0.923. The summed E-state index contributed by atoms with van der Waals surface area (Å²) in [5.74, 6) is 0.159. The number of carbonyl (C=O) groups excluding carboxylic acids is 1. The van der Waals surface area contributed by atoms with E-state index in [0.717, 1.165) is 32.1 Å². The second kappa shape index (κ2) is 5.36. The molecule has 2 saturated carbocycles. The third-order valence-electron chi connectivity index (χ3n) is 4.17. The summed E-state index contributed by atoms with van der Waals surface area (Å²) in [7, 11) is 0. The summed E-state index contributed by atoms with van der Waals surface area (Å²) >= 11 is 0. The number of ether oxygens (including phenoxy) is 2. The molecule has 3 fully saturated rings. The highest BCUT2D eigenvalue weighted by Gasteiger charge is 2.46. The Morgan fingerprint density at radius 2 is 1.76 bits per heavy atom. The predicted molar refractivity (Wildman–Crippen MR) is 62.6 cm³/mol. The first kappa shape index (κ1) is 12.8. The van der Waals surface area contributed by atoms with Crippen LogP contribution in [0.4, 0.5) is 0 Å². The first-order valence-corrected chi connectivity index (χ1v) is 6.69. The van der Waals surface area contributed by atoms with Crippen LogP contribution in [0.15, 0.2) is 0 Å². The lowest BCUT2D eigenvalue weighted by atomic mass is 9.89. The molecule has 2 aliphatic carbocycles. The molecule has 1 aliphatic heterocycles. The van der Waals surface area contributed by atoms with Crippen molar-refractivity contribution in [3.63, 3.8) is 0 Å². The average Bonchev–Trinajstić information content (AvgIpc) is 3.08. The molecule has 98 valence electrons. The summed E-state index contributed by atoms with van der Waals surface area (Å²) in [5.41, 5.74) is 0. The number of epoxide rings is 1. The number of fused-ring (bicyclic) bond motifs is 1. The van der Waals surface area contributed by atoms with Gasteiger partial charge < -0.3 is 14.9 Å². The van der Waals surface area contributed by atoms with Crippen molar-refractivity contribution in [3.8, 4) is 0 Å². The van der Waals surface area contributed by atoms with Gasteiger partial charge in [-0.25, -0.2) is 0 Å². The third kappa shape index (κ3) is 2.99. The van der Waals surface area contributed by atoms with Crippen LogP contribution in [0.25, 0.3) is 0 Å². The summed E-state index contributed by atoms with van der Waals surface area (Å²) in [4.78, 5) is 12.0. The fourth-order valence-electron chi connectivity index (χ4n) is 3.06. The third-order valence-corrected chi connectivity index (χ3v) is 4.17. The van der Waals surface area contributed by atoms with Crippen LogP contribution < -0.4 is 0 Å². The minimum Gasteiger partial charge on any atom is -0.462 e. The van der Waals surface area contributed by atoms with Crippen molar-refractivity contribution >= 4 is 5.97 Å². The van der Waals surface area contributed by atoms with Gasteiger partial charge in [0, 0.05) is 0 Å². The molecule has 17 heavy (non-hydrogen) atoms. The first-order valence-electron chi connectivity index (χ1n) is 6.69. The van der Waals surface area contributed by atoms with E-state index in [1.807, 2.05) is 0 Å². The molecule has 4 heteroatoms. The summed E-state index contributed by atoms with van der Waals surface area (Å²) in [6, 6.07) is 0. The van der Waals surface area contributed by atoms with E-state index in [9.17, 15) is 4.79 Å². The minimum absolute atomic E-state index is 0. The molecule has 1 saturated heterocycles. The number of hydrogen-bond donors (Lipinski definition) is 0. The molecular formula is C13H22O4. The highest BCUT2D eigenvalue weighted by atomic mass is 16.6. The number of esters is 1. The van der Waals surface area contributed by atoms with Crippen molar-refractivity contribution in [2.75, 3.05) is 0 Å². The van der Waals surface area contributed by atoms with Gasteiger partial charge in [-0.1, -0.05) is 6.42 Å². The summed E-state index contributed by atoms with van der Waals surface area (Å²) in [6.45, 7) is 0. The molecule has 0 radical (unpaired) electrons. The Hall–Kier alpha value is -0.610. The molecule has 0 aromatic carbocycles. The van der Waals surface area contributed by atoms with E-state index in [1.165, 1.54) is 19.3 Å². The standard InChI is InChI=1S/C13H20O3.H2O/c14-13(15-10-4-2-1-3-5-10)9-6-7-11-12(8-9)16-11;/h9-12H,1-8H2;1H2. The molecule has 0 aromatic heterocycles. The van der Waals surface area contributed by atoms with E-state index >= 15 is 0 Å². The molecule has 1 heterocycles. The summed E-state index contributed by atoms with van der Waals surface area (Å²) in [5, 5.41) is 0. The zero-order valence-corrected chi connectivity index (χ0v) is 10.2. The Labute approximate surface area is 102 Å². The Morgan fingerprint density at radius 1 is 1.00 bits per heavy atom. The quantitative estimate of drug-likeness (QED) is 0.545. The van der Waals surface area contributed by atoms with Crippen LogP contribution in [-0.4, -0.2) is 29.8 Å². The highest BCUT2D eigenvalue weighted by molar-refractivity contribution is 5.73. The number of carbonyl (C=O) groups is 1. The molecule has 0 spiro atoms. The lowest BCUT2D eigenvalue weighted by Crippen LogP contribution is -2.28. The van der Waals surface area contributed by atoms with Gasteiger partial charge in [0.15, 0.2) is 0 Å². The van der Waals surface area contributed by atoms with Crippen LogP contribution in [0.1, 0.15) is 51.4 Å². The van der Waals surface area contributed by atoms with E-state index in [2.05, 4.69) is 0 Å². The molecule has 3 atom stereocenters. The van der Waals surface area contributed by atoms with Crippen molar-refractivity contribution in [2.45, 2.75) is 69.7 Å². The zero-order valence-electron chi connectivity index (χ0n) is 10.2. The van der Waals surface area contributed by atoms with Gasteiger partial charge in [0.1, 0.15) is 6.10 Å². The Kier molecular flexibility index (Phi) is 4.05. The van der Waals surface area contributed by atoms with Gasteiger partial charge in [-0.2, -0.15) is 0 Å². The van der Waals surface area contributed by atoms with Gasteiger partial charge >= 0.3 is 5.97 Å². The van der Waals surface area contributed by atoms with Gasteiger partial charge in [0.2, 0.25) is 0 Å². The average molecular weight is 242 g/mol. The molecular weight excluding hydrogens is 220 g/mol. The Balaban J connectivity index is 0.00000108. The van der Waals surface area contributed by atoms with Crippen LogP contribution in [0, 0.1) is 5.92 Å². The Morgan fingerprint density at radius 3 is 2.47 bits per heavy atom. The molecule has 0 bridgehead atoms. The van der Waals surface area contributed by atoms with Crippen molar-refractivity contribution < 1.29 is 19.7 Å². The molecule has 0 aromatic rings. The highest BCUT2D eigenvalue weighted by Crippen LogP contribution is 2.40. The minimum atomic E-state index is 0. The SMILES string of the molecule is O.O=C(OC1CCCCC1)C1CCC2OC2C1. The number of hydrogen-bond acceptors (Lipinski definition) is 3. The maximum Gasteiger partial charge on any atom is 0.309 e. The van der Waals surface area contributed by atoms with Gasteiger partial charge in [0.05, 0.1) is 18.1 Å². The molecule has 3 aliphatic rings. The zero-order chi connectivity index (χ0) is 11.0. The van der Waals surface area contributed by atoms with Gasteiger partial charge in [-0.3, -0.25) is 4.79 Å². The lowest BCUT2D eigenvalue weighted by molar-refractivity contribution is -0.156. The topological polar surface area (TPSA) is 70.3 Å². The van der Waals surface area contributed by atoms with Crippen LogP contribution in [0.3, 0.4) is 0 Å². The molecule has 0 amide bonds. The van der Waals surface area contributed by atoms with Crippen LogP contribution in [-0.2, 0) is 14.3 Å². The van der Waals surface area contributed by atoms with E-state index in [1.54, 1.807) is 0 Å². The monoisotopic (exact) mass is 242 g/mol. The van der Waals surface area contributed by atoms with Gasteiger partial charge in [0.25, 0.3) is 0 Å². The molecule has 2 N–H and O–H groups in total. The largest absolute Gasteiger partial charge is 0.462 e. The molecule has 3 rings (SSSR count). The smallest absolute Gasteiger partial charge is 0.309 e. The van der Waals surface area contributed by atoms with Gasteiger partial charge in [-0.15, -0.1) is 0 Å². The summed E-state index contributed by atoms with van der Waals surface area (Å²) in [6.07, 6.45) is 9.85. The molecule has 4 nitrogen and oxygen atoms in total. The van der Waals surface area contributed by atoms with Crippen molar-refractivity contribution in [1.29, 1.82) is 0 Å².